The van der Waals surface area contributed by atoms with Gasteiger partial charge in [-0.05, 0) is 74.5 Å². The molecule has 0 bridgehead atoms. The minimum atomic E-state index is -0.241. The molecule has 0 unspecified atom stereocenters. The van der Waals surface area contributed by atoms with Crippen molar-refractivity contribution in [3.63, 3.8) is 0 Å². The molecule has 2 fully saturated rings. The van der Waals surface area contributed by atoms with Gasteiger partial charge in [-0.25, -0.2) is 0 Å². The molecular formula is C32H43ClN4O2. The van der Waals surface area contributed by atoms with Crippen molar-refractivity contribution >= 4 is 29.5 Å². The van der Waals surface area contributed by atoms with Gasteiger partial charge in [0.1, 0.15) is 0 Å². The van der Waals surface area contributed by atoms with E-state index in [1.165, 1.54) is 24.8 Å². The van der Waals surface area contributed by atoms with E-state index in [0.717, 1.165) is 51.0 Å². The molecule has 0 aromatic heterocycles. The van der Waals surface area contributed by atoms with E-state index in [2.05, 4.69) is 51.6 Å². The first-order chi connectivity index (χ1) is 19.0. The van der Waals surface area contributed by atoms with Crippen LogP contribution < -0.4 is 10.6 Å². The number of rotatable bonds is 11. The van der Waals surface area contributed by atoms with Gasteiger partial charge in [-0.1, -0.05) is 67.4 Å². The van der Waals surface area contributed by atoms with Gasteiger partial charge in [-0.2, -0.15) is 0 Å². The fourth-order valence-corrected chi connectivity index (χ4v) is 5.74. The number of benzene rings is 2. The molecule has 2 N–H and O–H groups in total. The summed E-state index contributed by atoms with van der Waals surface area (Å²) < 4.78 is 0. The molecular weight excluding hydrogens is 508 g/mol. The van der Waals surface area contributed by atoms with Crippen molar-refractivity contribution in [1.82, 2.24) is 20.4 Å². The molecule has 0 saturated carbocycles. The summed E-state index contributed by atoms with van der Waals surface area (Å²) in [5, 5.41) is 7.34. The lowest BCUT2D eigenvalue weighted by Crippen LogP contribution is -2.50. The molecule has 0 aliphatic carbocycles. The number of hydrogen-bond donors (Lipinski definition) is 2. The molecule has 210 valence electrons. The summed E-state index contributed by atoms with van der Waals surface area (Å²) in [4.78, 5) is 30.9. The third-order valence-corrected chi connectivity index (χ3v) is 8.25. The van der Waals surface area contributed by atoms with Crippen LogP contribution in [-0.2, 0) is 9.59 Å². The van der Waals surface area contributed by atoms with Crippen LogP contribution in [-0.4, -0.2) is 73.0 Å². The Hall–Kier alpha value is -2.67. The van der Waals surface area contributed by atoms with Gasteiger partial charge in [0.25, 0.3) is 0 Å². The molecule has 3 atom stereocenters. The summed E-state index contributed by atoms with van der Waals surface area (Å²) in [6.45, 7) is 7.27. The third kappa shape index (κ3) is 9.20. The van der Waals surface area contributed by atoms with E-state index < -0.39 is 0 Å². The number of carbonyl (C=O) groups is 2. The van der Waals surface area contributed by atoms with Crippen molar-refractivity contribution in [2.75, 3.05) is 39.3 Å². The Balaban J connectivity index is 1.38. The Labute approximate surface area is 238 Å². The second-order valence-electron chi connectivity index (χ2n) is 10.8. The monoisotopic (exact) mass is 550 g/mol. The molecule has 2 heterocycles. The lowest BCUT2D eigenvalue weighted by molar-refractivity contribution is -0.133. The summed E-state index contributed by atoms with van der Waals surface area (Å²) in [6.07, 6.45) is 9.70. The van der Waals surface area contributed by atoms with Crippen LogP contribution in [0.25, 0.3) is 6.08 Å². The summed E-state index contributed by atoms with van der Waals surface area (Å²) in [7, 11) is 0. The zero-order valence-electron chi connectivity index (χ0n) is 23.2. The highest BCUT2D eigenvalue weighted by atomic mass is 35.5. The Morgan fingerprint density at radius 1 is 1.08 bits per heavy atom. The summed E-state index contributed by atoms with van der Waals surface area (Å²) in [6, 6.07) is 17.7. The van der Waals surface area contributed by atoms with E-state index >= 15 is 0 Å². The molecule has 2 aromatic rings. The zero-order chi connectivity index (χ0) is 27.5. The lowest BCUT2D eigenvalue weighted by atomic mass is 9.95. The average molecular weight is 551 g/mol. The molecule has 2 saturated heterocycles. The van der Waals surface area contributed by atoms with Crippen LogP contribution in [0.5, 0.6) is 0 Å². The molecule has 4 rings (SSSR count). The van der Waals surface area contributed by atoms with E-state index in [-0.39, 0.29) is 23.9 Å². The standard InChI is InChI=1S/C32H43ClN4O2/c1-2-26(27-9-5-3-6-10-27)24-37-22-17-29(23-34-31(38)16-13-25-11-14-28(33)15-12-25)35-30(32(37)39)18-21-36-19-7-4-8-20-36/h3,5-6,9-16,26,29-30,35H,2,4,7-8,17-24H2,1H3,(H,34,38)/b16-13+/t26-,29-,30-/m0/s1. The lowest BCUT2D eigenvalue weighted by Gasteiger charge is -2.31. The Morgan fingerprint density at radius 3 is 2.54 bits per heavy atom. The SMILES string of the molecule is CC[C@@H](CN1CC[C@@H](CNC(=O)/C=C/c2ccc(Cl)cc2)N[C@@H](CCN2CCCCC2)C1=O)c1ccccc1. The zero-order valence-corrected chi connectivity index (χ0v) is 23.9. The minimum absolute atomic E-state index is 0.0370. The third-order valence-electron chi connectivity index (χ3n) is 8.00. The second kappa shape index (κ2) is 15.2. The van der Waals surface area contributed by atoms with Crippen LogP contribution >= 0.6 is 11.6 Å². The van der Waals surface area contributed by atoms with Gasteiger partial charge in [0.15, 0.2) is 0 Å². The Morgan fingerprint density at radius 2 is 1.82 bits per heavy atom. The van der Waals surface area contributed by atoms with Crippen LogP contribution in [0.1, 0.15) is 62.5 Å². The van der Waals surface area contributed by atoms with Crippen molar-refractivity contribution in [1.29, 1.82) is 0 Å². The topological polar surface area (TPSA) is 64.7 Å². The van der Waals surface area contributed by atoms with Crippen LogP contribution in [0, 0.1) is 0 Å². The first-order valence-electron chi connectivity index (χ1n) is 14.6. The largest absolute Gasteiger partial charge is 0.351 e. The van der Waals surface area contributed by atoms with Crippen LogP contribution in [0.4, 0.5) is 0 Å². The molecule has 2 amide bonds. The first-order valence-corrected chi connectivity index (χ1v) is 14.9. The van der Waals surface area contributed by atoms with Crippen molar-refractivity contribution in [2.45, 2.75) is 63.5 Å². The number of nitrogens with one attached hydrogen (secondary N) is 2. The van der Waals surface area contributed by atoms with Gasteiger partial charge < -0.3 is 20.4 Å². The van der Waals surface area contributed by atoms with Crippen molar-refractivity contribution in [2.24, 2.45) is 0 Å². The summed E-state index contributed by atoms with van der Waals surface area (Å²) >= 11 is 5.95. The normalized spacial score (nSPS) is 21.6. The number of hydrogen-bond acceptors (Lipinski definition) is 4. The smallest absolute Gasteiger partial charge is 0.244 e. The maximum absolute atomic E-state index is 13.8. The number of halogens is 1. The highest BCUT2D eigenvalue weighted by Gasteiger charge is 2.32. The first kappa shape index (κ1) is 29.3. The number of piperidine rings is 1. The van der Waals surface area contributed by atoms with Crippen LogP contribution in [0.15, 0.2) is 60.7 Å². The maximum Gasteiger partial charge on any atom is 0.244 e. The van der Waals surface area contributed by atoms with Gasteiger partial charge >= 0.3 is 0 Å². The van der Waals surface area contributed by atoms with E-state index in [4.69, 9.17) is 11.6 Å². The van der Waals surface area contributed by atoms with E-state index in [9.17, 15) is 9.59 Å². The fraction of sp³-hybridized carbons (Fsp3) is 0.500. The molecule has 2 aliphatic heterocycles. The quantitative estimate of drug-likeness (QED) is 0.382. The predicted octanol–water partition coefficient (Wildman–Crippen LogP) is 5.10. The highest BCUT2D eigenvalue weighted by molar-refractivity contribution is 6.30. The molecule has 39 heavy (non-hydrogen) atoms. The predicted molar refractivity (Wildman–Crippen MR) is 160 cm³/mol. The molecule has 0 spiro atoms. The van der Waals surface area contributed by atoms with Crippen molar-refractivity contribution in [3.8, 4) is 0 Å². The maximum atomic E-state index is 13.8. The minimum Gasteiger partial charge on any atom is -0.351 e. The number of nitrogens with zero attached hydrogens (tertiary/aromatic N) is 2. The van der Waals surface area contributed by atoms with E-state index in [1.807, 2.05) is 30.3 Å². The van der Waals surface area contributed by atoms with E-state index in [0.29, 0.717) is 24.0 Å². The molecule has 2 aromatic carbocycles. The number of likely N-dealkylation sites (tertiary alicyclic amines) is 1. The van der Waals surface area contributed by atoms with Crippen LogP contribution in [0.3, 0.4) is 0 Å². The average Bonchev–Trinajstić information content (AvgIpc) is 3.12. The molecule has 0 radical (unpaired) electrons. The second-order valence-corrected chi connectivity index (χ2v) is 11.3. The summed E-state index contributed by atoms with van der Waals surface area (Å²) in [5.41, 5.74) is 2.20. The van der Waals surface area contributed by atoms with Gasteiger partial charge in [0.05, 0.1) is 6.04 Å². The molecule has 2 aliphatic rings. The number of carbonyl (C=O) groups excluding carboxylic acids is 2. The Bertz CT molecular complexity index is 1070. The molecule has 6 nitrogen and oxygen atoms in total. The number of amides is 2. The Kier molecular flexibility index (Phi) is 11.4. The fourth-order valence-electron chi connectivity index (χ4n) is 5.62. The van der Waals surface area contributed by atoms with Gasteiger partial charge in [-0.15, -0.1) is 0 Å². The van der Waals surface area contributed by atoms with Gasteiger partial charge in [-0.3, -0.25) is 9.59 Å². The van der Waals surface area contributed by atoms with Crippen molar-refractivity contribution in [3.05, 3.63) is 76.8 Å². The highest BCUT2D eigenvalue weighted by Crippen LogP contribution is 2.23. The van der Waals surface area contributed by atoms with Crippen molar-refractivity contribution < 1.29 is 9.59 Å². The summed E-state index contributed by atoms with van der Waals surface area (Å²) in [5.74, 6) is 0.365. The van der Waals surface area contributed by atoms with Crippen LogP contribution in [0.2, 0.25) is 5.02 Å². The van der Waals surface area contributed by atoms with E-state index in [1.54, 1.807) is 12.2 Å². The van der Waals surface area contributed by atoms with Gasteiger partial charge in [0.2, 0.25) is 11.8 Å². The van der Waals surface area contributed by atoms with Gasteiger partial charge in [0, 0.05) is 49.2 Å². The molecule has 7 heteroatoms.